The molecule has 1 atom stereocenters. The van der Waals surface area contributed by atoms with Crippen LogP contribution >= 0.6 is 22.9 Å². The van der Waals surface area contributed by atoms with E-state index in [2.05, 4.69) is 0 Å². The summed E-state index contributed by atoms with van der Waals surface area (Å²) >= 11 is 7.27. The Labute approximate surface area is 113 Å². The fourth-order valence-electron chi connectivity index (χ4n) is 1.78. The van der Waals surface area contributed by atoms with Crippen molar-refractivity contribution in [3.8, 4) is 0 Å². The van der Waals surface area contributed by atoms with Crippen LogP contribution in [-0.4, -0.2) is 6.04 Å². The molecule has 2 N–H and O–H groups in total. The van der Waals surface area contributed by atoms with Crippen molar-refractivity contribution in [1.29, 1.82) is 0 Å². The summed E-state index contributed by atoms with van der Waals surface area (Å²) in [5.41, 5.74) is 6.25. The molecule has 0 aliphatic heterocycles. The lowest BCUT2D eigenvalue weighted by Gasteiger charge is -2.11. The molecule has 18 heavy (non-hydrogen) atoms. The summed E-state index contributed by atoms with van der Waals surface area (Å²) in [6.07, 6.45) is 0.909. The zero-order valence-electron chi connectivity index (χ0n) is 9.50. The zero-order valence-corrected chi connectivity index (χ0v) is 11.1. The third kappa shape index (κ3) is 3.28. The maximum Gasteiger partial charge on any atom is 0.162 e. The highest BCUT2D eigenvalue weighted by atomic mass is 35.5. The summed E-state index contributed by atoms with van der Waals surface area (Å²) in [7, 11) is 0. The number of halogens is 3. The molecule has 2 rings (SSSR count). The van der Waals surface area contributed by atoms with Gasteiger partial charge in [-0.2, -0.15) is 0 Å². The van der Waals surface area contributed by atoms with E-state index in [4.69, 9.17) is 17.3 Å². The average Bonchev–Trinajstić information content (AvgIpc) is 2.70. The molecule has 1 aromatic carbocycles. The van der Waals surface area contributed by atoms with Crippen LogP contribution in [0.4, 0.5) is 8.78 Å². The first-order valence-corrected chi connectivity index (χ1v) is 6.68. The molecule has 0 saturated heterocycles. The van der Waals surface area contributed by atoms with Gasteiger partial charge in [-0.1, -0.05) is 23.7 Å². The minimum atomic E-state index is -0.834. The maximum atomic E-state index is 13.5. The molecule has 2 aromatic rings. The highest BCUT2D eigenvalue weighted by Crippen LogP contribution is 2.23. The van der Waals surface area contributed by atoms with E-state index in [1.54, 1.807) is 12.1 Å². The van der Waals surface area contributed by atoms with Gasteiger partial charge in [-0.05, 0) is 36.6 Å². The van der Waals surface area contributed by atoms with Crippen LogP contribution in [-0.2, 0) is 12.8 Å². The quantitative estimate of drug-likeness (QED) is 0.910. The van der Waals surface area contributed by atoms with Gasteiger partial charge in [0.15, 0.2) is 11.6 Å². The summed E-state index contributed by atoms with van der Waals surface area (Å²) in [5.74, 6) is -1.64. The van der Waals surface area contributed by atoms with Crippen LogP contribution in [0.1, 0.15) is 10.4 Å². The Morgan fingerprint density at radius 2 is 1.94 bits per heavy atom. The molecule has 0 radical (unpaired) electrons. The molecule has 0 aliphatic rings. The van der Waals surface area contributed by atoms with Crippen LogP contribution in [0.5, 0.6) is 0 Å². The lowest BCUT2D eigenvalue weighted by atomic mass is 10.0. The second-order valence-electron chi connectivity index (χ2n) is 4.09. The Kier molecular flexibility index (Phi) is 4.32. The molecule has 0 amide bonds. The number of thiophene rings is 1. The van der Waals surface area contributed by atoms with Gasteiger partial charge < -0.3 is 5.73 Å². The van der Waals surface area contributed by atoms with Crippen LogP contribution in [0.25, 0.3) is 0 Å². The van der Waals surface area contributed by atoms with E-state index in [0.717, 1.165) is 10.9 Å². The summed E-state index contributed by atoms with van der Waals surface area (Å²) in [5, 5.41) is 0. The normalized spacial score (nSPS) is 12.7. The van der Waals surface area contributed by atoms with Gasteiger partial charge in [0.05, 0.1) is 4.34 Å². The Bertz CT molecular complexity index is 542. The molecule has 1 nitrogen and oxygen atoms in total. The van der Waals surface area contributed by atoms with Crippen molar-refractivity contribution in [2.75, 3.05) is 0 Å². The lowest BCUT2D eigenvalue weighted by molar-refractivity contribution is 0.493. The first kappa shape index (κ1) is 13.5. The second-order valence-corrected chi connectivity index (χ2v) is 5.89. The number of hydrogen-bond acceptors (Lipinski definition) is 2. The monoisotopic (exact) mass is 287 g/mol. The van der Waals surface area contributed by atoms with E-state index in [1.807, 2.05) is 6.07 Å². The van der Waals surface area contributed by atoms with Gasteiger partial charge in [0, 0.05) is 10.9 Å². The van der Waals surface area contributed by atoms with Crippen molar-refractivity contribution in [3.05, 3.63) is 56.7 Å². The minimum Gasteiger partial charge on any atom is -0.327 e. The van der Waals surface area contributed by atoms with Crippen molar-refractivity contribution in [3.63, 3.8) is 0 Å². The molecular weight excluding hydrogens is 276 g/mol. The number of benzene rings is 1. The van der Waals surface area contributed by atoms with Crippen molar-refractivity contribution >= 4 is 22.9 Å². The molecule has 1 heterocycles. The minimum absolute atomic E-state index is 0.254. The molecule has 96 valence electrons. The predicted molar refractivity (Wildman–Crippen MR) is 71.1 cm³/mol. The van der Waals surface area contributed by atoms with Crippen LogP contribution in [0.2, 0.25) is 4.34 Å². The Hall–Kier alpha value is -0.970. The SMILES string of the molecule is NC(Cc1ccc(Cl)s1)Cc1cccc(F)c1F. The van der Waals surface area contributed by atoms with E-state index >= 15 is 0 Å². The van der Waals surface area contributed by atoms with Crippen molar-refractivity contribution in [1.82, 2.24) is 0 Å². The highest BCUT2D eigenvalue weighted by molar-refractivity contribution is 7.16. The maximum absolute atomic E-state index is 13.5. The number of rotatable bonds is 4. The van der Waals surface area contributed by atoms with Crippen LogP contribution in [0.3, 0.4) is 0 Å². The van der Waals surface area contributed by atoms with Crippen LogP contribution in [0, 0.1) is 11.6 Å². The molecule has 0 spiro atoms. The predicted octanol–water partition coefficient (Wildman–Crippen LogP) is 3.79. The summed E-state index contributed by atoms with van der Waals surface area (Å²) in [6, 6.07) is 7.59. The average molecular weight is 288 g/mol. The molecule has 0 aliphatic carbocycles. The fourth-order valence-corrected chi connectivity index (χ4v) is 2.96. The van der Waals surface area contributed by atoms with Gasteiger partial charge in [-0.25, -0.2) is 8.78 Å². The fraction of sp³-hybridized carbons (Fsp3) is 0.231. The van der Waals surface area contributed by atoms with Crippen LogP contribution in [0.15, 0.2) is 30.3 Å². The van der Waals surface area contributed by atoms with E-state index in [1.165, 1.54) is 17.4 Å². The Morgan fingerprint density at radius 3 is 2.61 bits per heavy atom. The Morgan fingerprint density at radius 1 is 1.17 bits per heavy atom. The van der Waals surface area contributed by atoms with Crippen molar-refractivity contribution < 1.29 is 8.78 Å². The number of nitrogens with two attached hydrogens (primary N) is 1. The summed E-state index contributed by atoms with van der Waals surface area (Å²) < 4.78 is 27.2. The molecule has 1 unspecified atom stereocenters. The first-order chi connectivity index (χ1) is 8.56. The molecule has 0 fully saturated rings. The zero-order chi connectivity index (χ0) is 13.1. The summed E-state index contributed by atoms with van der Waals surface area (Å²) in [4.78, 5) is 1.05. The van der Waals surface area contributed by atoms with Gasteiger partial charge in [0.2, 0.25) is 0 Å². The standard InChI is InChI=1S/C13H12ClF2NS/c14-12-5-4-10(18-12)7-9(17)6-8-2-1-3-11(15)13(8)16/h1-5,9H,6-7,17H2. The van der Waals surface area contributed by atoms with E-state index in [9.17, 15) is 8.78 Å². The van der Waals surface area contributed by atoms with Gasteiger partial charge in [0.1, 0.15) is 0 Å². The third-order valence-corrected chi connectivity index (χ3v) is 3.86. The first-order valence-electron chi connectivity index (χ1n) is 5.49. The second kappa shape index (κ2) is 5.78. The molecular formula is C13H12ClF2NS. The molecule has 0 bridgehead atoms. The van der Waals surface area contributed by atoms with Crippen molar-refractivity contribution in [2.24, 2.45) is 5.73 Å². The molecule has 5 heteroatoms. The van der Waals surface area contributed by atoms with Gasteiger partial charge in [-0.15, -0.1) is 11.3 Å². The van der Waals surface area contributed by atoms with E-state index < -0.39 is 11.6 Å². The van der Waals surface area contributed by atoms with Crippen LogP contribution < -0.4 is 5.73 Å². The van der Waals surface area contributed by atoms with Gasteiger partial charge in [0.25, 0.3) is 0 Å². The van der Waals surface area contributed by atoms with Gasteiger partial charge in [-0.3, -0.25) is 0 Å². The smallest absolute Gasteiger partial charge is 0.162 e. The lowest BCUT2D eigenvalue weighted by Crippen LogP contribution is -2.25. The number of hydrogen-bond donors (Lipinski definition) is 1. The molecule has 1 aromatic heterocycles. The van der Waals surface area contributed by atoms with Gasteiger partial charge >= 0.3 is 0 Å². The van der Waals surface area contributed by atoms with E-state index in [0.29, 0.717) is 22.7 Å². The summed E-state index contributed by atoms with van der Waals surface area (Å²) in [6.45, 7) is 0. The molecule has 0 saturated carbocycles. The van der Waals surface area contributed by atoms with Crippen molar-refractivity contribution in [2.45, 2.75) is 18.9 Å². The van der Waals surface area contributed by atoms with E-state index in [-0.39, 0.29) is 6.04 Å². The third-order valence-electron chi connectivity index (χ3n) is 2.61. The highest BCUT2D eigenvalue weighted by Gasteiger charge is 2.12. The topological polar surface area (TPSA) is 26.0 Å². The Balaban J connectivity index is 2.03. The largest absolute Gasteiger partial charge is 0.327 e.